The Labute approximate surface area is 160 Å². The van der Waals surface area contributed by atoms with E-state index >= 15 is 0 Å². The Morgan fingerprint density at radius 3 is 2.44 bits per heavy atom. The van der Waals surface area contributed by atoms with Crippen molar-refractivity contribution in [3.63, 3.8) is 0 Å². The normalized spacial score (nSPS) is 12.2. The van der Waals surface area contributed by atoms with Crippen molar-refractivity contribution in [2.75, 3.05) is 7.05 Å². The second-order valence-corrected chi connectivity index (χ2v) is 6.74. The van der Waals surface area contributed by atoms with Crippen LogP contribution in [0, 0.1) is 12.7 Å². The molecule has 0 aliphatic heterocycles. The maximum Gasteiger partial charge on any atom is 0.262 e. The Kier molecular flexibility index (Phi) is 4.93. The van der Waals surface area contributed by atoms with Crippen molar-refractivity contribution in [2.24, 2.45) is 0 Å². The largest absolute Gasteiger partial charge is 0.505 e. The van der Waals surface area contributed by atoms with Crippen LogP contribution in [0.15, 0.2) is 36.4 Å². The molecule has 0 aliphatic rings. The molecule has 7 heteroatoms. The number of carbonyl (C=O) groups is 2. The molecule has 3 aromatic rings. The van der Waals surface area contributed by atoms with Gasteiger partial charge in [0.1, 0.15) is 0 Å². The van der Waals surface area contributed by atoms with E-state index in [9.17, 15) is 19.1 Å². The van der Waals surface area contributed by atoms with Gasteiger partial charge < -0.3 is 10.4 Å². The van der Waals surface area contributed by atoms with Crippen molar-refractivity contribution in [1.29, 1.82) is 0 Å². The highest BCUT2D eigenvalue weighted by Gasteiger charge is 2.27. The number of rotatable bonds is 3. The van der Waals surface area contributed by atoms with Crippen LogP contribution in [0.1, 0.15) is 34.5 Å². The third kappa shape index (κ3) is 3.17. The van der Waals surface area contributed by atoms with Gasteiger partial charge in [-0.15, -0.1) is 0 Å². The molecule has 1 aromatic heterocycles. The maximum absolute atomic E-state index is 14.0. The molecule has 140 valence electrons. The number of amides is 1. The Balaban J connectivity index is 2.30. The van der Waals surface area contributed by atoms with Crippen LogP contribution in [0.3, 0.4) is 0 Å². The second-order valence-electron chi connectivity index (χ2n) is 6.30. The fraction of sp³-hybridized carbons (Fsp3) is 0.200. The predicted octanol–water partition coefficient (Wildman–Crippen LogP) is 3.99. The van der Waals surface area contributed by atoms with Gasteiger partial charge in [-0.05, 0) is 49.7 Å². The lowest BCUT2D eigenvalue weighted by Gasteiger charge is -2.12. The lowest BCUT2D eigenvalue weighted by atomic mass is 9.97. The molecule has 3 rings (SSSR count). The average Bonchev–Trinajstić information content (AvgIpc) is 2.91. The molecular weight excluding hydrogens is 371 g/mol. The summed E-state index contributed by atoms with van der Waals surface area (Å²) < 4.78 is 15.4. The van der Waals surface area contributed by atoms with Crippen LogP contribution in [-0.4, -0.2) is 28.5 Å². The van der Waals surface area contributed by atoms with Crippen LogP contribution in [-0.2, 0) is 4.79 Å². The summed E-state index contributed by atoms with van der Waals surface area (Å²) >= 11 is 5.88. The smallest absolute Gasteiger partial charge is 0.262 e. The van der Waals surface area contributed by atoms with E-state index in [1.165, 1.54) is 17.7 Å². The number of nitrogens with one attached hydrogen (secondary N) is 1. The van der Waals surface area contributed by atoms with Crippen LogP contribution in [0.2, 0.25) is 5.02 Å². The molecular formula is C20H18ClFN2O3. The van der Waals surface area contributed by atoms with Crippen molar-refractivity contribution in [2.45, 2.75) is 19.8 Å². The van der Waals surface area contributed by atoms with E-state index in [0.29, 0.717) is 27.2 Å². The summed E-state index contributed by atoms with van der Waals surface area (Å²) in [4.78, 5) is 25.3. The minimum absolute atomic E-state index is 0.250. The topological polar surface area (TPSA) is 71.3 Å². The molecule has 2 aromatic carbocycles. The summed E-state index contributed by atoms with van der Waals surface area (Å²) in [5.41, 5.74) is 1.72. The average molecular weight is 389 g/mol. The highest BCUT2D eigenvalue weighted by atomic mass is 35.5. The van der Waals surface area contributed by atoms with Gasteiger partial charge in [-0.3, -0.25) is 14.2 Å². The zero-order chi connectivity index (χ0) is 19.9. The molecule has 0 spiro atoms. The molecule has 1 heterocycles. The van der Waals surface area contributed by atoms with Crippen molar-refractivity contribution in [3.05, 3.63) is 64.1 Å². The van der Waals surface area contributed by atoms with Crippen molar-refractivity contribution in [1.82, 2.24) is 9.88 Å². The number of aromatic hydroxyl groups is 1. The lowest BCUT2D eigenvalue weighted by Crippen LogP contribution is -2.24. The van der Waals surface area contributed by atoms with Gasteiger partial charge in [-0.1, -0.05) is 11.6 Å². The number of fused-ring (bicyclic) bond motifs is 1. The van der Waals surface area contributed by atoms with Crippen molar-refractivity contribution in [3.8, 4) is 5.75 Å². The minimum atomic E-state index is -0.843. The third-order valence-corrected chi connectivity index (χ3v) is 4.94. The van der Waals surface area contributed by atoms with E-state index in [1.807, 2.05) is 0 Å². The molecule has 1 atom stereocenters. The number of likely N-dealkylation sites (N-methyl/N-ethyl adjacent to an activating group) is 1. The molecule has 0 saturated heterocycles. The molecule has 2 N–H and O–H groups in total. The third-order valence-electron chi connectivity index (χ3n) is 4.69. The van der Waals surface area contributed by atoms with Gasteiger partial charge in [0.15, 0.2) is 11.6 Å². The standard InChI is InChI=1S/C20H18ClFN2O3/c1-10(19(26)23-3)18-11(2)24(16-9-15(22)17(25)8-14(16)18)20(27)12-4-6-13(21)7-5-12/h4-10,25H,1-3H3,(H,23,26)/t10-/m1/s1. The monoisotopic (exact) mass is 388 g/mol. The second kappa shape index (κ2) is 7.04. The molecule has 0 radical (unpaired) electrons. The SMILES string of the molecule is CNC(=O)[C@H](C)c1c(C)n(C(=O)c2ccc(Cl)cc2)c2cc(F)c(O)cc12. The molecule has 5 nitrogen and oxygen atoms in total. The number of aromatic nitrogens is 1. The predicted molar refractivity (Wildman–Crippen MR) is 102 cm³/mol. The summed E-state index contributed by atoms with van der Waals surface area (Å²) in [6.07, 6.45) is 0. The zero-order valence-electron chi connectivity index (χ0n) is 15.0. The maximum atomic E-state index is 14.0. The Hall–Kier alpha value is -2.86. The molecule has 0 bridgehead atoms. The summed E-state index contributed by atoms with van der Waals surface area (Å²) in [7, 11) is 1.52. The molecule has 0 saturated carbocycles. The van der Waals surface area contributed by atoms with E-state index in [0.717, 1.165) is 6.07 Å². The first-order valence-electron chi connectivity index (χ1n) is 8.31. The number of phenols is 1. The molecule has 1 amide bonds. The van der Waals surface area contributed by atoms with Crippen LogP contribution < -0.4 is 5.32 Å². The lowest BCUT2D eigenvalue weighted by molar-refractivity contribution is -0.121. The zero-order valence-corrected chi connectivity index (χ0v) is 15.8. The summed E-state index contributed by atoms with van der Waals surface area (Å²) in [5.74, 6) is -2.61. The Morgan fingerprint density at radius 2 is 1.85 bits per heavy atom. The number of hydrogen-bond donors (Lipinski definition) is 2. The molecule has 0 unspecified atom stereocenters. The van der Waals surface area contributed by atoms with E-state index in [4.69, 9.17) is 11.6 Å². The first-order chi connectivity index (χ1) is 12.8. The first-order valence-corrected chi connectivity index (χ1v) is 8.69. The van der Waals surface area contributed by atoms with Gasteiger partial charge in [-0.2, -0.15) is 0 Å². The number of carbonyl (C=O) groups excluding carboxylic acids is 2. The Bertz CT molecular complexity index is 1060. The van der Waals surface area contributed by atoms with Gasteiger partial charge in [0.05, 0.1) is 11.4 Å². The van der Waals surface area contributed by atoms with Crippen molar-refractivity contribution >= 4 is 34.3 Å². The summed E-state index contributed by atoms with van der Waals surface area (Å²) in [5, 5.41) is 13.3. The fourth-order valence-corrected chi connectivity index (χ4v) is 3.45. The molecule has 0 fully saturated rings. The van der Waals surface area contributed by atoms with Crippen LogP contribution in [0.25, 0.3) is 10.9 Å². The van der Waals surface area contributed by atoms with Crippen LogP contribution in [0.5, 0.6) is 5.75 Å². The number of benzene rings is 2. The van der Waals surface area contributed by atoms with Gasteiger partial charge in [0, 0.05) is 34.8 Å². The number of phenolic OH excluding ortho intramolecular Hbond substituents is 1. The van der Waals surface area contributed by atoms with Gasteiger partial charge in [0.25, 0.3) is 5.91 Å². The summed E-state index contributed by atoms with van der Waals surface area (Å²) in [6, 6.07) is 8.69. The quantitative estimate of drug-likeness (QED) is 0.712. The highest BCUT2D eigenvalue weighted by Crippen LogP contribution is 2.36. The van der Waals surface area contributed by atoms with E-state index < -0.39 is 17.5 Å². The first kappa shape index (κ1) is 18.9. The summed E-state index contributed by atoms with van der Waals surface area (Å²) in [6.45, 7) is 3.38. The van der Waals surface area contributed by atoms with E-state index in [2.05, 4.69) is 5.32 Å². The number of halogens is 2. The number of nitrogens with zero attached hydrogens (tertiary/aromatic N) is 1. The van der Waals surface area contributed by atoms with Crippen LogP contribution in [0.4, 0.5) is 4.39 Å². The number of hydrogen-bond acceptors (Lipinski definition) is 3. The van der Waals surface area contributed by atoms with E-state index in [1.54, 1.807) is 38.1 Å². The Morgan fingerprint density at radius 1 is 1.22 bits per heavy atom. The minimum Gasteiger partial charge on any atom is -0.505 e. The molecule has 27 heavy (non-hydrogen) atoms. The molecule has 0 aliphatic carbocycles. The van der Waals surface area contributed by atoms with Gasteiger partial charge in [0.2, 0.25) is 5.91 Å². The van der Waals surface area contributed by atoms with Crippen LogP contribution >= 0.6 is 11.6 Å². The van der Waals surface area contributed by atoms with Gasteiger partial charge >= 0.3 is 0 Å². The highest BCUT2D eigenvalue weighted by molar-refractivity contribution is 6.30. The van der Waals surface area contributed by atoms with Crippen molar-refractivity contribution < 1.29 is 19.1 Å². The fourth-order valence-electron chi connectivity index (χ4n) is 3.33. The van der Waals surface area contributed by atoms with Gasteiger partial charge in [-0.25, -0.2) is 4.39 Å². The van der Waals surface area contributed by atoms with E-state index in [-0.39, 0.29) is 17.3 Å².